The van der Waals surface area contributed by atoms with Gasteiger partial charge in [0.25, 0.3) is 0 Å². The summed E-state index contributed by atoms with van der Waals surface area (Å²) in [6.45, 7) is 41.6. The van der Waals surface area contributed by atoms with Gasteiger partial charge >= 0.3 is 0 Å². The molecule has 4 aromatic heterocycles. The second-order valence-electron chi connectivity index (χ2n) is 15.8. The third-order valence-corrected chi connectivity index (χ3v) is 12.8. The maximum Gasteiger partial charge on any atom is 0.0497 e. The van der Waals surface area contributed by atoms with Crippen LogP contribution in [0.2, 0.25) is 0 Å². The first-order chi connectivity index (χ1) is 37.1. The van der Waals surface area contributed by atoms with Crippen LogP contribution in [0, 0.1) is 0 Å². The van der Waals surface area contributed by atoms with Crippen LogP contribution in [0.15, 0.2) is 170 Å². The van der Waals surface area contributed by atoms with Crippen LogP contribution in [0.4, 0.5) is 0 Å². The Hall–Kier alpha value is -7.04. The van der Waals surface area contributed by atoms with Crippen molar-refractivity contribution in [1.29, 1.82) is 0 Å². The predicted octanol–water partition coefficient (Wildman–Crippen LogP) is 22.9. The average Bonchev–Trinajstić information content (AvgIpc) is 4.22. The van der Waals surface area contributed by atoms with E-state index in [1.807, 2.05) is 111 Å². The van der Waals surface area contributed by atoms with E-state index < -0.39 is 0 Å². The normalized spacial score (nSPS) is 10.0. The third-order valence-electron chi connectivity index (χ3n) is 12.8. The van der Waals surface area contributed by atoms with Gasteiger partial charge in [0.05, 0.1) is 0 Å². The number of rotatable bonds is 5. The van der Waals surface area contributed by atoms with Crippen LogP contribution in [0.1, 0.15) is 132 Å². The van der Waals surface area contributed by atoms with Crippen LogP contribution in [-0.2, 0) is 26.7 Å². The smallest absolute Gasteiger partial charge is 0.0497 e. The zero-order valence-electron chi connectivity index (χ0n) is 50.1. The number of nitrogens with zero attached hydrogens (tertiary/aromatic N) is 4. The van der Waals surface area contributed by atoms with Crippen molar-refractivity contribution in [2.75, 3.05) is 0 Å². The quantitative estimate of drug-likeness (QED) is 0.164. The van der Waals surface area contributed by atoms with Crippen molar-refractivity contribution in [3.63, 3.8) is 0 Å². The maximum absolute atomic E-state index is 2.43. The van der Waals surface area contributed by atoms with Crippen molar-refractivity contribution in [3.05, 3.63) is 170 Å². The molecule has 0 aliphatic heterocycles. The Kier molecular flexibility index (Phi) is 26.3. The lowest BCUT2D eigenvalue weighted by atomic mass is 10.0. The second kappa shape index (κ2) is 31.6. The van der Waals surface area contributed by atoms with E-state index in [1.165, 1.54) is 109 Å². The summed E-state index contributed by atoms with van der Waals surface area (Å²) in [5, 5.41) is 10.6. The largest absolute Gasteiger partial charge is 0.344 e. The van der Waals surface area contributed by atoms with Crippen molar-refractivity contribution >= 4 is 87.2 Å². The Morgan fingerprint density at radius 3 is 0.827 bits per heavy atom. The SMILES string of the molecule is CC.CC.CC.CC.CC.CC.CC.CC.CCn1c2ccccc2c2cc(-c3ccc4c5ccccc5n(CC)c4c3)ccc21.CCn1c2ccccc2c2ccc(-c3ccc4c(c3)c3ccccc3n4C)cc21. The molecular weight excluding hydrogens is 909 g/mol. The number of aryl methyl sites for hydroxylation is 4. The topological polar surface area (TPSA) is 19.7 Å². The van der Waals surface area contributed by atoms with Crippen molar-refractivity contribution < 1.29 is 0 Å². The van der Waals surface area contributed by atoms with Crippen LogP contribution in [-0.4, -0.2) is 18.3 Å². The zero-order valence-corrected chi connectivity index (χ0v) is 50.1. The van der Waals surface area contributed by atoms with E-state index in [0.29, 0.717) is 0 Å². The number of fused-ring (bicyclic) bond motifs is 12. The first-order valence-corrected chi connectivity index (χ1v) is 29.1. The van der Waals surface area contributed by atoms with E-state index in [4.69, 9.17) is 0 Å². The molecule has 0 aliphatic carbocycles. The van der Waals surface area contributed by atoms with Crippen molar-refractivity contribution in [1.82, 2.24) is 18.3 Å². The molecule has 0 unspecified atom stereocenters. The Morgan fingerprint density at radius 2 is 0.453 bits per heavy atom. The fourth-order valence-corrected chi connectivity index (χ4v) is 10.1. The molecule has 4 nitrogen and oxygen atoms in total. The zero-order chi connectivity index (χ0) is 55.8. The molecule has 0 radical (unpaired) electrons. The van der Waals surface area contributed by atoms with Gasteiger partial charge in [0.2, 0.25) is 0 Å². The van der Waals surface area contributed by atoms with Crippen LogP contribution in [0.5, 0.6) is 0 Å². The van der Waals surface area contributed by atoms with Crippen molar-refractivity contribution in [3.8, 4) is 22.3 Å². The molecule has 8 aromatic carbocycles. The lowest BCUT2D eigenvalue weighted by Crippen LogP contribution is -1.93. The van der Waals surface area contributed by atoms with Crippen molar-refractivity contribution in [2.24, 2.45) is 7.05 Å². The predicted molar refractivity (Wildman–Crippen MR) is 345 cm³/mol. The Bertz CT molecular complexity index is 3590. The molecule has 0 atom stereocenters. The first kappa shape index (κ1) is 62.3. The summed E-state index contributed by atoms with van der Waals surface area (Å²) in [5.74, 6) is 0. The minimum Gasteiger partial charge on any atom is -0.344 e. The van der Waals surface area contributed by atoms with Gasteiger partial charge in [-0.3, -0.25) is 0 Å². The van der Waals surface area contributed by atoms with E-state index >= 15 is 0 Å². The minimum atomic E-state index is 0.968. The molecule has 0 spiro atoms. The molecule has 75 heavy (non-hydrogen) atoms. The van der Waals surface area contributed by atoms with Gasteiger partial charge in [-0.1, -0.05) is 220 Å². The molecule has 0 bridgehead atoms. The molecule has 12 aromatic rings. The molecule has 0 N–H and O–H groups in total. The molecule has 4 heteroatoms. The summed E-state index contributed by atoms with van der Waals surface area (Å²) < 4.78 is 9.54. The van der Waals surface area contributed by atoms with Gasteiger partial charge in [-0.25, -0.2) is 0 Å². The Balaban J connectivity index is 0.000000313. The van der Waals surface area contributed by atoms with Crippen LogP contribution >= 0.6 is 0 Å². The summed E-state index contributed by atoms with van der Waals surface area (Å²) >= 11 is 0. The Morgan fingerprint density at radius 1 is 0.227 bits per heavy atom. The molecule has 12 rings (SSSR count). The lowest BCUT2D eigenvalue weighted by molar-refractivity contribution is 0.827. The van der Waals surface area contributed by atoms with E-state index in [2.05, 4.69) is 216 Å². The number of benzene rings is 8. The van der Waals surface area contributed by atoms with Gasteiger partial charge in [0.1, 0.15) is 0 Å². The van der Waals surface area contributed by atoms with Gasteiger partial charge in [-0.15, -0.1) is 0 Å². The second-order valence-corrected chi connectivity index (χ2v) is 15.8. The van der Waals surface area contributed by atoms with E-state index in [9.17, 15) is 0 Å². The highest BCUT2D eigenvalue weighted by Crippen LogP contribution is 2.38. The summed E-state index contributed by atoms with van der Waals surface area (Å²) in [5.41, 5.74) is 15.5. The summed E-state index contributed by atoms with van der Waals surface area (Å²) in [6.07, 6.45) is 0. The lowest BCUT2D eigenvalue weighted by Gasteiger charge is -2.07. The number of para-hydroxylation sites is 4. The summed E-state index contributed by atoms with van der Waals surface area (Å²) in [6, 6.07) is 62.4. The van der Waals surface area contributed by atoms with Crippen LogP contribution in [0.3, 0.4) is 0 Å². The fraction of sp³-hybridized carbons (Fsp3) is 0.324. The molecule has 0 saturated carbocycles. The molecule has 0 fully saturated rings. The van der Waals surface area contributed by atoms with Gasteiger partial charge in [0, 0.05) is 114 Å². The van der Waals surface area contributed by atoms with Gasteiger partial charge in [-0.2, -0.15) is 0 Å². The first-order valence-electron chi connectivity index (χ1n) is 29.1. The minimum absolute atomic E-state index is 0.968. The molecule has 398 valence electrons. The van der Waals surface area contributed by atoms with Gasteiger partial charge < -0.3 is 18.3 Å². The standard InChI is InChI=1S/C28H24N2.C27H22N2.8C2H6/c1-3-29-26-12-8-6-10-22(26)24-17-19(14-16-27(24)29)20-13-15-23-21-9-5-7-11-25(21)30(4-2)28(23)18-20;1-3-29-26-11-7-5-8-20(26)22-14-12-19(17-27(22)29)18-13-15-25-23(16-18)21-9-4-6-10-24(21)28(25)2;8*1-2/h5-18H,3-4H2,1-2H3;4-17H,3H2,1-2H3;8*1-2H3. The molecule has 4 heterocycles. The highest BCUT2D eigenvalue weighted by Gasteiger charge is 2.15. The van der Waals surface area contributed by atoms with Gasteiger partial charge in [0.15, 0.2) is 0 Å². The number of hydrogen-bond acceptors (Lipinski definition) is 0. The van der Waals surface area contributed by atoms with Crippen LogP contribution in [0.25, 0.3) is 109 Å². The highest BCUT2D eigenvalue weighted by atomic mass is 15.0. The molecule has 0 aliphatic rings. The molecule has 0 saturated heterocycles. The van der Waals surface area contributed by atoms with E-state index in [-0.39, 0.29) is 0 Å². The van der Waals surface area contributed by atoms with E-state index in [1.54, 1.807) is 0 Å². The van der Waals surface area contributed by atoms with Gasteiger partial charge in [-0.05, 0) is 104 Å². The summed E-state index contributed by atoms with van der Waals surface area (Å²) in [7, 11) is 2.15. The average molecular weight is 1000 g/mol. The van der Waals surface area contributed by atoms with E-state index in [0.717, 1.165) is 19.6 Å². The summed E-state index contributed by atoms with van der Waals surface area (Å²) in [4.78, 5) is 0. The van der Waals surface area contributed by atoms with Crippen molar-refractivity contribution in [2.45, 2.75) is 151 Å². The highest BCUT2D eigenvalue weighted by molar-refractivity contribution is 6.13. The monoisotopic (exact) mass is 1000 g/mol. The number of aromatic nitrogens is 4. The molecule has 0 amide bonds. The number of hydrogen-bond donors (Lipinski definition) is 0. The molecular formula is C71H94N4. The maximum atomic E-state index is 2.43. The van der Waals surface area contributed by atoms with Crippen LogP contribution < -0.4 is 0 Å². The third kappa shape index (κ3) is 12.4. The fourth-order valence-electron chi connectivity index (χ4n) is 10.1. The Labute approximate surface area is 453 Å².